The Bertz CT molecular complexity index is 772. The zero-order valence-corrected chi connectivity index (χ0v) is 19.7. The number of guanidine groups is 1. The van der Waals surface area contributed by atoms with Gasteiger partial charge in [-0.25, -0.2) is 0 Å². The zero-order chi connectivity index (χ0) is 19.2. The number of aliphatic imine (C=N–C) groups is 1. The predicted octanol–water partition coefficient (Wildman–Crippen LogP) is 3.28. The van der Waals surface area contributed by atoms with E-state index in [1.165, 1.54) is 23.2 Å². The van der Waals surface area contributed by atoms with E-state index in [4.69, 9.17) is 0 Å². The highest BCUT2D eigenvalue weighted by Gasteiger charge is 2.22. The van der Waals surface area contributed by atoms with Crippen molar-refractivity contribution in [3.05, 3.63) is 47.8 Å². The quantitative estimate of drug-likeness (QED) is 0.379. The number of aromatic nitrogens is 2. The van der Waals surface area contributed by atoms with Crippen molar-refractivity contribution in [2.24, 2.45) is 12.0 Å². The Labute approximate surface area is 185 Å². The van der Waals surface area contributed by atoms with Crippen LogP contribution in [0.1, 0.15) is 36.8 Å². The molecule has 2 unspecified atom stereocenters. The Balaban J connectivity index is 0.00000280. The van der Waals surface area contributed by atoms with E-state index in [0.717, 1.165) is 32.0 Å². The second-order valence-electron chi connectivity index (χ2n) is 7.57. The molecule has 1 fully saturated rings. The third-order valence-corrected chi connectivity index (χ3v) is 5.23. The summed E-state index contributed by atoms with van der Waals surface area (Å²) in [6, 6.07) is 9.11. The molecule has 6 nitrogen and oxygen atoms in total. The van der Waals surface area contributed by atoms with Gasteiger partial charge in [0, 0.05) is 46.0 Å². The van der Waals surface area contributed by atoms with Gasteiger partial charge in [0.2, 0.25) is 0 Å². The molecule has 7 heteroatoms. The lowest BCUT2D eigenvalue weighted by molar-refractivity contribution is 0.467. The van der Waals surface area contributed by atoms with Gasteiger partial charge in [-0.1, -0.05) is 36.8 Å². The number of nitrogens with one attached hydrogen (secondary N) is 2. The molecule has 154 valence electrons. The standard InChI is InChI=1S/C21H32N6.HI/c1-16-7-5-8-18(11-16)17(2)12-23-21(22-3)25-19-9-6-10-27(14-19)20-13-24-26(4)15-20;/h5,7-8,11,13,15,17,19H,6,9-10,12,14H2,1-4H3,(H2,22,23,25);1H. The zero-order valence-electron chi connectivity index (χ0n) is 17.4. The van der Waals surface area contributed by atoms with E-state index in [2.05, 4.69) is 69.9 Å². The largest absolute Gasteiger partial charge is 0.367 e. The molecule has 28 heavy (non-hydrogen) atoms. The topological polar surface area (TPSA) is 57.5 Å². The molecule has 2 heterocycles. The van der Waals surface area contributed by atoms with E-state index in [9.17, 15) is 0 Å². The highest BCUT2D eigenvalue weighted by atomic mass is 127. The highest BCUT2D eigenvalue weighted by Crippen LogP contribution is 2.19. The molecule has 2 atom stereocenters. The number of rotatable bonds is 5. The maximum absolute atomic E-state index is 4.43. The second-order valence-corrected chi connectivity index (χ2v) is 7.57. The minimum Gasteiger partial charge on any atom is -0.367 e. The van der Waals surface area contributed by atoms with Crippen LogP contribution in [-0.2, 0) is 7.05 Å². The van der Waals surface area contributed by atoms with Crippen molar-refractivity contribution in [3.8, 4) is 0 Å². The molecule has 2 N–H and O–H groups in total. The summed E-state index contributed by atoms with van der Waals surface area (Å²) in [5.74, 6) is 1.31. The van der Waals surface area contributed by atoms with Crippen LogP contribution >= 0.6 is 24.0 Å². The lowest BCUT2D eigenvalue weighted by Gasteiger charge is -2.34. The molecule has 0 spiro atoms. The van der Waals surface area contributed by atoms with E-state index < -0.39 is 0 Å². The minimum absolute atomic E-state index is 0. The fourth-order valence-electron chi connectivity index (χ4n) is 3.63. The number of anilines is 1. The highest BCUT2D eigenvalue weighted by molar-refractivity contribution is 14.0. The van der Waals surface area contributed by atoms with Gasteiger partial charge in [-0.15, -0.1) is 24.0 Å². The fraction of sp³-hybridized carbons (Fsp3) is 0.524. The van der Waals surface area contributed by atoms with Gasteiger partial charge >= 0.3 is 0 Å². The van der Waals surface area contributed by atoms with Crippen LogP contribution in [0.4, 0.5) is 5.69 Å². The molecule has 1 aliphatic heterocycles. The molecule has 1 aromatic carbocycles. The van der Waals surface area contributed by atoms with Gasteiger partial charge in [-0.3, -0.25) is 9.67 Å². The number of halogens is 1. The monoisotopic (exact) mass is 496 g/mol. The van der Waals surface area contributed by atoms with E-state index in [0.29, 0.717) is 12.0 Å². The predicted molar refractivity (Wildman–Crippen MR) is 128 cm³/mol. The SMILES string of the molecule is CN=C(NCC(C)c1cccc(C)c1)NC1CCCN(c2cnn(C)c2)C1.I. The number of aryl methyl sites for hydroxylation is 2. The first kappa shape index (κ1) is 22.5. The molecular formula is C21H33IN6. The lowest BCUT2D eigenvalue weighted by Crippen LogP contribution is -2.51. The Morgan fingerprint density at radius 3 is 2.89 bits per heavy atom. The van der Waals surface area contributed by atoms with Crippen LogP contribution in [-0.4, -0.2) is 48.5 Å². The Morgan fingerprint density at radius 2 is 2.21 bits per heavy atom. The summed E-state index contributed by atoms with van der Waals surface area (Å²) in [5, 5.41) is 11.4. The third kappa shape index (κ3) is 6.12. The summed E-state index contributed by atoms with van der Waals surface area (Å²) in [6.07, 6.45) is 6.35. The molecule has 0 radical (unpaired) electrons. The van der Waals surface area contributed by atoms with Gasteiger partial charge in [0.25, 0.3) is 0 Å². The van der Waals surface area contributed by atoms with E-state index >= 15 is 0 Å². The normalized spacial score (nSPS) is 18.4. The molecule has 0 bridgehead atoms. The first-order valence-electron chi connectivity index (χ1n) is 9.82. The Morgan fingerprint density at radius 1 is 1.39 bits per heavy atom. The molecule has 3 rings (SSSR count). The first-order chi connectivity index (χ1) is 13.0. The fourth-order valence-corrected chi connectivity index (χ4v) is 3.63. The van der Waals surface area contributed by atoms with Crippen LogP contribution in [0.25, 0.3) is 0 Å². The van der Waals surface area contributed by atoms with Crippen LogP contribution < -0.4 is 15.5 Å². The molecule has 1 saturated heterocycles. The van der Waals surface area contributed by atoms with Crippen LogP contribution in [0, 0.1) is 6.92 Å². The van der Waals surface area contributed by atoms with Gasteiger partial charge < -0.3 is 15.5 Å². The molecule has 0 saturated carbocycles. The Hall–Kier alpha value is -1.77. The van der Waals surface area contributed by atoms with Gasteiger partial charge in [-0.05, 0) is 31.2 Å². The summed E-state index contributed by atoms with van der Waals surface area (Å²) < 4.78 is 1.86. The number of hydrogen-bond donors (Lipinski definition) is 2. The summed E-state index contributed by atoms with van der Waals surface area (Å²) in [7, 11) is 3.80. The summed E-state index contributed by atoms with van der Waals surface area (Å²) >= 11 is 0. The molecule has 1 aliphatic rings. The smallest absolute Gasteiger partial charge is 0.191 e. The first-order valence-corrected chi connectivity index (χ1v) is 9.82. The van der Waals surface area contributed by atoms with Crippen LogP contribution in [0.3, 0.4) is 0 Å². The molecule has 1 aromatic heterocycles. The lowest BCUT2D eigenvalue weighted by atomic mass is 9.99. The van der Waals surface area contributed by atoms with E-state index in [1.54, 1.807) is 0 Å². The van der Waals surface area contributed by atoms with Crippen LogP contribution in [0.2, 0.25) is 0 Å². The maximum atomic E-state index is 4.43. The van der Waals surface area contributed by atoms with Crippen molar-refractivity contribution < 1.29 is 0 Å². The van der Waals surface area contributed by atoms with Crippen molar-refractivity contribution in [1.82, 2.24) is 20.4 Å². The van der Waals surface area contributed by atoms with Crippen molar-refractivity contribution in [2.75, 3.05) is 31.6 Å². The number of piperidine rings is 1. The van der Waals surface area contributed by atoms with Gasteiger partial charge in [0.05, 0.1) is 11.9 Å². The van der Waals surface area contributed by atoms with Gasteiger partial charge in [0.15, 0.2) is 5.96 Å². The molecule has 2 aromatic rings. The van der Waals surface area contributed by atoms with Crippen LogP contribution in [0.15, 0.2) is 41.7 Å². The minimum atomic E-state index is 0. The average molecular weight is 496 g/mol. The molecule has 0 amide bonds. The van der Waals surface area contributed by atoms with E-state index in [-0.39, 0.29) is 24.0 Å². The summed E-state index contributed by atoms with van der Waals surface area (Å²) in [5.41, 5.74) is 3.86. The third-order valence-electron chi connectivity index (χ3n) is 5.23. The second kappa shape index (κ2) is 10.7. The maximum Gasteiger partial charge on any atom is 0.191 e. The summed E-state index contributed by atoms with van der Waals surface area (Å²) in [4.78, 5) is 6.83. The average Bonchev–Trinajstić information content (AvgIpc) is 3.11. The van der Waals surface area contributed by atoms with Crippen molar-refractivity contribution >= 4 is 35.6 Å². The van der Waals surface area contributed by atoms with Crippen molar-refractivity contribution in [1.29, 1.82) is 0 Å². The van der Waals surface area contributed by atoms with Gasteiger partial charge in [0.1, 0.15) is 0 Å². The van der Waals surface area contributed by atoms with Crippen molar-refractivity contribution in [2.45, 2.75) is 38.6 Å². The number of benzene rings is 1. The molecule has 0 aliphatic carbocycles. The van der Waals surface area contributed by atoms with Crippen molar-refractivity contribution in [3.63, 3.8) is 0 Å². The van der Waals surface area contributed by atoms with Gasteiger partial charge in [-0.2, -0.15) is 5.10 Å². The van der Waals surface area contributed by atoms with E-state index in [1.807, 2.05) is 25.0 Å². The number of hydrogen-bond acceptors (Lipinski definition) is 3. The Kier molecular flexibility index (Phi) is 8.59. The number of nitrogens with zero attached hydrogens (tertiary/aromatic N) is 4. The molecular weight excluding hydrogens is 463 g/mol. The van der Waals surface area contributed by atoms with Crippen LogP contribution in [0.5, 0.6) is 0 Å². The summed E-state index contributed by atoms with van der Waals surface area (Å²) in [6.45, 7) is 7.31.